The quantitative estimate of drug-likeness (QED) is 0.509. The Morgan fingerprint density at radius 2 is 1.93 bits per heavy atom. The number of amides is 1. The fourth-order valence-corrected chi connectivity index (χ4v) is 4.23. The Morgan fingerprint density at radius 1 is 1.23 bits per heavy atom. The number of rotatable bonds is 8. The molecule has 0 spiro atoms. The number of nitrogens with one attached hydrogen (secondary N) is 1. The molecule has 1 N–H and O–H groups in total. The number of likely N-dealkylation sites (tertiary alicyclic amines) is 1. The van der Waals surface area contributed by atoms with Gasteiger partial charge in [-0.1, -0.05) is 49.4 Å². The van der Waals surface area contributed by atoms with Gasteiger partial charge in [-0.3, -0.25) is 14.3 Å². The summed E-state index contributed by atoms with van der Waals surface area (Å²) in [5.74, 6) is 0.907. The summed E-state index contributed by atoms with van der Waals surface area (Å²) >= 11 is 1.43. The fourth-order valence-electron chi connectivity index (χ4n) is 3.49. The number of hydrogen-bond acceptors (Lipinski definition) is 5. The average molecular weight is 428 g/mol. The Bertz CT molecular complexity index is 847. The lowest BCUT2D eigenvalue weighted by Crippen LogP contribution is -2.45. The number of carbonyl (C=O) groups is 1. The molecule has 162 valence electrons. The lowest BCUT2D eigenvalue weighted by Gasteiger charge is -2.31. The second-order valence-corrected chi connectivity index (χ2v) is 9.38. The molecule has 1 fully saturated rings. The van der Waals surface area contributed by atoms with Crippen molar-refractivity contribution in [2.75, 3.05) is 25.4 Å². The molecule has 0 atom stereocenters. The van der Waals surface area contributed by atoms with E-state index in [0.29, 0.717) is 11.7 Å². The van der Waals surface area contributed by atoms with Gasteiger partial charge in [0.2, 0.25) is 5.91 Å². The Morgan fingerprint density at radius 3 is 2.57 bits per heavy atom. The molecule has 0 radical (unpaired) electrons. The van der Waals surface area contributed by atoms with E-state index < -0.39 is 0 Å². The van der Waals surface area contributed by atoms with Gasteiger partial charge in [0.15, 0.2) is 5.16 Å². The van der Waals surface area contributed by atoms with Gasteiger partial charge in [0.25, 0.3) is 0 Å². The predicted molar refractivity (Wildman–Crippen MR) is 123 cm³/mol. The average Bonchev–Trinajstić information content (AvgIpc) is 3.20. The molecule has 1 amide bonds. The number of nitrogens with zero attached hydrogens (tertiary/aromatic N) is 4. The lowest BCUT2D eigenvalue weighted by atomic mass is 10.0. The number of benzene rings is 1. The zero-order valence-electron chi connectivity index (χ0n) is 18.5. The summed E-state index contributed by atoms with van der Waals surface area (Å²) in [4.78, 5) is 14.9. The maximum Gasteiger partial charge on any atom is 0.230 e. The van der Waals surface area contributed by atoms with E-state index >= 15 is 0 Å². The molecule has 0 bridgehead atoms. The highest BCUT2D eigenvalue weighted by atomic mass is 32.2. The second kappa shape index (κ2) is 10.8. The van der Waals surface area contributed by atoms with Crippen LogP contribution in [0.1, 0.15) is 52.0 Å². The van der Waals surface area contributed by atoms with Gasteiger partial charge in [-0.2, -0.15) is 0 Å². The number of allylic oxidation sites excluding steroid dienone is 1. The molecule has 2 heterocycles. The van der Waals surface area contributed by atoms with Crippen LogP contribution in [0, 0.1) is 0 Å². The monoisotopic (exact) mass is 427 g/mol. The molecule has 7 heteroatoms. The van der Waals surface area contributed by atoms with Gasteiger partial charge in [-0.25, -0.2) is 0 Å². The molecular formula is C23H33N5OS. The number of thioether (sulfide) groups is 1. The molecule has 2 aromatic rings. The molecule has 1 aromatic heterocycles. The highest BCUT2D eigenvalue weighted by Crippen LogP contribution is 2.22. The lowest BCUT2D eigenvalue weighted by molar-refractivity contribution is -0.119. The number of aromatic nitrogens is 3. The zero-order chi connectivity index (χ0) is 21.5. The third-order valence-electron chi connectivity index (χ3n) is 5.40. The molecule has 1 aliphatic rings. The first-order valence-electron chi connectivity index (χ1n) is 10.7. The van der Waals surface area contributed by atoms with E-state index in [2.05, 4.69) is 78.5 Å². The Hall–Kier alpha value is -2.12. The Balaban J connectivity index is 1.47. The van der Waals surface area contributed by atoms with Crippen LogP contribution in [0.15, 0.2) is 47.4 Å². The summed E-state index contributed by atoms with van der Waals surface area (Å²) in [6.45, 7) is 11.7. The Labute approximate surface area is 184 Å². The van der Waals surface area contributed by atoms with Crippen LogP contribution in [0.25, 0.3) is 5.69 Å². The van der Waals surface area contributed by atoms with Crippen LogP contribution in [-0.2, 0) is 4.79 Å². The van der Waals surface area contributed by atoms with Crippen LogP contribution >= 0.6 is 11.8 Å². The van der Waals surface area contributed by atoms with Gasteiger partial charge in [0, 0.05) is 31.4 Å². The van der Waals surface area contributed by atoms with Crippen molar-refractivity contribution in [3.63, 3.8) is 0 Å². The van der Waals surface area contributed by atoms with Gasteiger partial charge >= 0.3 is 0 Å². The number of hydrogen-bond donors (Lipinski definition) is 1. The summed E-state index contributed by atoms with van der Waals surface area (Å²) in [6, 6.07) is 8.68. The molecule has 1 saturated heterocycles. The predicted octanol–water partition coefficient (Wildman–Crippen LogP) is 4.03. The van der Waals surface area contributed by atoms with E-state index in [0.717, 1.165) is 43.3 Å². The van der Waals surface area contributed by atoms with Crippen LogP contribution in [0.5, 0.6) is 0 Å². The minimum atomic E-state index is 0.0625. The van der Waals surface area contributed by atoms with Crippen molar-refractivity contribution in [3.05, 3.63) is 47.8 Å². The fraction of sp³-hybridized carbons (Fsp3) is 0.522. The van der Waals surface area contributed by atoms with E-state index in [1.807, 2.05) is 4.57 Å². The van der Waals surface area contributed by atoms with Crippen LogP contribution in [-0.4, -0.2) is 57.0 Å². The normalized spacial score (nSPS) is 15.4. The van der Waals surface area contributed by atoms with Crippen molar-refractivity contribution >= 4 is 17.7 Å². The number of piperidine rings is 1. The molecular weight excluding hydrogens is 394 g/mol. The van der Waals surface area contributed by atoms with Crippen molar-refractivity contribution in [2.24, 2.45) is 0 Å². The van der Waals surface area contributed by atoms with Crippen LogP contribution in [0.4, 0.5) is 0 Å². The first-order chi connectivity index (χ1) is 14.4. The third kappa shape index (κ3) is 6.44. The maximum atomic E-state index is 12.5. The minimum Gasteiger partial charge on any atom is -0.353 e. The molecule has 1 aromatic carbocycles. The van der Waals surface area contributed by atoms with Crippen molar-refractivity contribution in [1.29, 1.82) is 0 Å². The van der Waals surface area contributed by atoms with E-state index in [1.165, 1.54) is 22.9 Å². The molecule has 3 rings (SSSR count). The smallest absolute Gasteiger partial charge is 0.230 e. The largest absolute Gasteiger partial charge is 0.353 e. The first kappa shape index (κ1) is 22.6. The van der Waals surface area contributed by atoms with E-state index in [9.17, 15) is 4.79 Å². The van der Waals surface area contributed by atoms with Gasteiger partial charge in [0.05, 0.1) is 5.75 Å². The van der Waals surface area contributed by atoms with Gasteiger partial charge in [-0.05, 0) is 50.3 Å². The number of carbonyl (C=O) groups excluding carboxylic acids is 1. The molecule has 0 unspecified atom stereocenters. The van der Waals surface area contributed by atoms with E-state index in [1.54, 1.807) is 6.33 Å². The highest BCUT2D eigenvalue weighted by molar-refractivity contribution is 7.99. The SMILES string of the molecule is CC(C)=CCN1CCC(NC(=O)CSc2nncn2-c2ccc(C(C)C)cc2)CC1. The van der Waals surface area contributed by atoms with Gasteiger partial charge in [0.1, 0.15) is 6.33 Å². The Kier molecular flexibility index (Phi) is 8.10. The van der Waals surface area contributed by atoms with Crippen molar-refractivity contribution in [3.8, 4) is 5.69 Å². The minimum absolute atomic E-state index is 0.0625. The first-order valence-corrected chi connectivity index (χ1v) is 11.7. The van der Waals surface area contributed by atoms with Gasteiger partial charge < -0.3 is 5.32 Å². The standard InChI is InChI=1S/C23H33N5OS/c1-17(2)9-12-27-13-10-20(11-14-27)25-22(29)15-30-23-26-24-16-28(23)21-7-5-19(6-8-21)18(3)4/h5-9,16,18,20H,10-15H2,1-4H3,(H,25,29). The summed E-state index contributed by atoms with van der Waals surface area (Å²) < 4.78 is 1.93. The maximum absolute atomic E-state index is 12.5. The van der Waals surface area contributed by atoms with Crippen LogP contribution in [0.3, 0.4) is 0 Å². The molecule has 6 nitrogen and oxygen atoms in total. The van der Waals surface area contributed by atoms with Crippen molar-refractivity contribution in [2.45, 2.75) is 57.7 Å². The van der Waals surface area contributed by atoms with Crippen molar-refractivity contribution in [1.82, 2.24) is 25.0 Å². The van der Waals surface area contributed by atoms with Gasteiger partial charge in [-0.15, -0.1) is 10.2 Å². The summed E-state index contributed by atoms with van der Waals surface area (Å²) in [5, 5.41) is 12.2. The second-order valence-electron chi connectivity index (χ2n) is 8.44. The van der Waals surface area contributed by atoms with Crippen molar-refractivity contribution < 1.29 is 4.79 Å². The van der Waals surface area contributed by atoms with E-state index in [4.69, 9.17) is 0 Å². The van der Waals surface area contributed by atoms with E-state index in [-0.39, 0.29) is 11.9 Å². The molecule has 0 aliphatic carbocycles. The summed E-state index contributed by atoms with van der Waals surface area (Å²) in [7, 11) is 0. The topological polar surface area (TPSA) is 63.1 Å². The van der Waals surface area contributed by atoms with Crippen LogP contribution in [0.2, 0.25) is 0 Å². The third-order valence-corrected chi connectivity index (χ3v) is 6.34. The van der Waals surface area contributed by atoms with Crippen LogP contribution < -0.4 is 5.32 Å². The molecule has 1 aliphatic heterocycles. The molecule has 0 saturated carbocycles. The summed E-state index contributed by atoms with van der Waals surface area (Å²) in [6.07, 6.45) is 5.98. The zero-order valence-corrected chi connectivity index (χ0v) is 19.3. The highest BCUT2D eigenvalue weighted by Gasteiger charge is 2.20. The molecule has 30 heavy (non-hydrogen) atoms. The summed E-state index contributed by atoms with van der Waals surface area (Å²) in [5.41, 5.74) is 3.66.